The van der Waals surface area contributed by atoms with Crippen LogP contribution >= 0.6 is 0 Å². The quantitative estimate of drug-likeness (QED) is 0.802. The van der Waals surface area contributed by atoms with E-state index in [0.717, 1.165) is 11.1 Å². The van der Waals surface area contributed by atoms with Crippen LogP contribution in [-0.2, 0) is 7.05 Å². The second kappa shape index (κ2) is 5.44. The topological polar surface area (TPSA) is 85.8 Å². The lowest BCUT2D eigenvalue weighted by molar-refractivity contribution is 0.101. The Hall–Kier alpha value is -2.96. The molecule has 0 spiro atoms. The van der Waals surface area contributed by atoms with Gasteiger partial charge in [0.1, 0.15) is 5.69 Å². The first-order valence-corrected chi connectivity index (χ1v) is 6.75. The van der Waals surface area contributed by atoms with Crippen LogP contribution in [0.2, 0.25) is 0 Å². The van der Waals surface area contributed by atoms with E-state index in [9.17, 15) is 4.79 Å². The van der Waals surface area contributed by atoms with Crippen LogP contribution < -0.4 is 5.32 Å². The molecule has 7 heteroatoms. The summed E-state index contributed by atoms with van der Waals surface area (Å²) < 4.78 is 6.96. The second-order valence-electron chi connectivity index (χ2n) is 5.01. The smallest absolute Gasteiger partial charge is 0.322 e. The molecule has 3 aromatic rings. The molecule has 7 nitrogen and oxygen atoms in total. The van der Waals surface area contributed by atoms with Crippen LogP contribution in [0.1, 0.15) is 21.6 Å². The SMILES string of the molecule is Cc1ccc(-c2nnc(NC(=O)c3ccnn3C)o2)cc1C. The summed E-state index contributed by atoms with van der Waals surface area (Å²) in [5.74, 6) is 0.0127. The number of anilines is 1. The Labute approximate surface area is 127 Å². The van der Waals surface area contributed by atoms with Crippen LogP contribution in [0, 0.1) is 13.8 Å². The molecule has 22 heavy (non-hydrogen) atoms. The zero-order valence-corrected chi connectivity index (χ0v) is 12.5. The van der Waals surface area contributed by atoms with Crippen LogP contribution in [0.25, 0.3) is 11.5 Å². The number of aromatic nitrogens is 4. The molecule has 0 unspecified atom stereocenters. The standard InChI is InChI=1S/C15H15N5O2/c1-9-4-5-11(8-10(9)2)14-18-19-15(22-14)17-13(21)12-6-7-16-20(12)3/h4-8H,1-3H3,(H,17,19,21). The van der Waals surface area contributed by atoms with E-state index < -0.39 is 0 Å². The third kappa shape index (κ3) is 2.60. The van der Waals surface area contributed by atoms with Gasteiger partial charge in [-0.1, -0.05) is 11.2 Å². The van der Waals surface area contributed by atoms with Gasteiger partial charge in [-0.05, 0) is 43.2 Å². The van der Waals surface area contributed by atoms with E-state index in [1.807, 2.05) is 32.0 Å². The molecule has 1 N–H and O–H groups in total. The average Bonchev–Trinajstić information content (AvgIpc) is 3.11. The highest BCUT2D eigenvalue weighted by Gasteiger charge is 2.15. The lowest BCUT2D eigenvalue weighted by atomic mass is 10.1. The Kier molecular flexibility index (Phi) is 3.46. The molecular weight excluding hydrogens is 282 g/mol. The molecule has 0 fully saturated rings. The molecule has 0 atom stereocenters. The van der Waals surface area contributed by atoms with Crippen LogP contribution in [-0.4, -0.2) is 25.9 Å². The molecule has 0 saturated carbocycles. The highest BCUT2D eigenvalue weighted by molar-refractivity contribution is 6.01. The molecule has 0 bridgehead atoms. The molecule has 112 valence electrons. The maximum absolute atomic E-state index is 12.0. The summed E-state index contributed by atoms with van der Waals surface area (Å²) in [4.78, 5) is 12.0. The highest BCUT2D eigenvalue weighted by atomic mass is 16.4. The fraction of sp³-hybridized carbons (Fsp3) is 0.200. The van der Waals surface area contributed by atoms with Gasteiger partial charge < -0.3 is 4.42 Å². The van der Waals surface area contributed by atoms with Crippen LogP contribution in [0.15, 0.2) is 34.9 Å². The Morgan fingerprint density at radius 1 is 1.18 bits per heavy atom. The third-order valence-electron chi connectivity index (χ3n) is 3.45. The summed E-state index contributed by atoms with van der Waals surface area (Å²) in [6, 6.07) is 7.52. The summed E-state index contributed by atoms with van der Waals surface area (Å²) in [6.07, 6.45) is 1.54. The zero-order valence-electron chi connectivity index (χ0n) is 12.5. The minimum absolute atomic E-state index is 0.0550. The van der Waals surface area contributed by atoms with Gasteiger partial charge in [-0.3, -0.25) is 14.8 Å². The number of rotatable bonds is 3. The van der Waals surface area contributed by atoms with E-state index in [2.05, 4.69) is 20.6 Å². The summed E-state index contributed by atoms with van der Waals surface area (Å²) in [5.41, 5.74) is 3.55. The van der Waals surface area contributed by atoms with E-state index in [4.69, 9.17) is 4.42 Å². The minimum Gasteiger partial charge on any atom is -0.403 e. The van der Waals surface area contributed by atoms with E-state index in [1.165, 1.54) is 10.2 Å². The minimum atomic E-state index is -0.352. The number of hydrogen-bond acceptors (Lipinski definition) is 5. The first-order valence-electron chi connectivity index (χ1n) is 6.75. The number of hydrogen-bond donors (Lipinski definition) is 1. The van der Waals surface area contributed by atoms with Crippen molar-refractivity contribution in [2.45, 2.75) is 13.8 Å². The maximum atomic E-state index is 12.0. The number of amides is 1. The molecule has 1 aromatic carbocycles. The van der Waals surface area contributed by atoms with E-state index >= 15 is 0 Å². The summed E-state index contributed by atoms with van der Waals surface area (Å²) in [5, 5.41) is 14.3. The summed E-state index contributed by atoms with van der Waals surface area (Å²) >= 11 is 0. The number of carbonyl (C=O) groups is 1. The van der Waals surface area contributed by atoms with Crippen molar-refractivity contribution in [3.05, 3.63) is 47.3 Å². The van der Waals surface area contributed by atoms with Gasteiger partial charge in [-0.2, -0.15) is 5.10 Å². The van der Waals surface area contributed by atoms with Crippen molar-refractivity contribution in [1.82, 2.24) is 20.0 Å². The largest absolute Gasteiger partial charge is 0.403 e. The molecule has 2 heterocycles. The van der Waals surface area contributed by atoms with Crippen molar-refractivity contribution >= 4 is 11.9 Å². The van der Waals surface area contributed by atoms with Crippen LogP contribution in [0.4, 0.5) is 6.01 Å². The number of nitrogens with one attached hydrogen (secondary N) is 1. The van der Waals surface area contributed by atoms with Crippen molar-refractivity contribution in [2.75, 3.05) is 5.32 Å². The first kappa shape index (κ1) is 14.0. The normalized spacial score (nSPS) is 10.7. The molecule has 1 amide bonds. The third-order valence-corrected chi connectivity index (χ3v) is 3.45. The van der Waals surface area contributed by atoms with E-state index in [1.54, 1.807) is 19.3 Å². The van der Waals surface area contributed by atoms with Gasteiger partial charge in [0.05, 0.1) is 0 Å². The fourth-order valence-electron chi connectivity index (χ4n) is 2.02. The highest BCUT2D eigenvalue weighted by Crippen LogP contribution is 2.22. The predicted octanol–water partition coefficient (Wildman–Crippen LogP) is 2.34. The predicted molar refractivity (Wildman–Crippen MR) is 80.4 cm³/mol. The zero-order chi connectivity index (χ0) is 15.7. The number of benzene rings is 1. The molecular formula is C15H15N5O2. The molecule has 0 saturated heterocycles. The van der Waals surface area contributed by atoms with Crippen molar-refractivity contribution in [2.24, 2.45) is 7.05 Å². The van der Waals surface area contributed by atoms with Crippen molar-refractivity contribution in [3.8, 4) is 11.5 Å². The summed E-state index contributed by atoms with van der Waals surface area (Å²) in [7, 11) is 1.68. The average molecular weight is 297 g/mol. The Morgan fingerprint density at radius 2 is 2.00 bits per heavy atom. The van der Waals surface area contributed by atoms with E-state index in [0.29, 0.717) is 11.6 Å². The molecule has 0 aliphatic carbocycles. The van der Waals surface area contributed by atoms with Gasteiger partial charge in [0, 0.05) is 18.8 Å². The Morgan fingerprint density at radius 3 is 2.68 bits per heavy atom. The molecule has 2 aromatic heterocycles. The molecule has 0 aliphatic heterocycles. The van der Waals surface area contributed by atoms with Crippen LogP contribution in [0.5, 0.6) is 0 Å². The lowest BCUT2D eigenvalue weighted by Crippen LogP contribution is -2.16. The number of aryl methyl sites for hydroxylation is 3. The van der Waals surface area contributed by atoms with Crippen molar-refractivity contribution in [1.29, 1.82) is 0 Å². The van der Waals surface area contributed by atoms with Gasteiger partial charge in [0.15, 0.2) is 0 Å². The van der Waals surface area contributed by atoms with Gasteiger partial charge in [0.2, 0.25) is 5.89 Å². The monoisotopic (exact) mass is 297 g/mol. The van der Waals surface area contributed by atoms with Crippen molar-refractivity contribution < 1.29 is 9.21 Å². The summed E-state index contributed by atoms with van der Waals surface area (Å²) in [6.45, 7) is 4.05. The number of nitrogens with zero attached hydrogens (tertiary/aromatic N) is 4. The Balaban J connectivity index is 1.80. The van der Waals surface area contributed by atoms with Gasteiger partial charge >= 0.3 is 6.01 Å². The molecule has 3 rings (SSSR count). The molecule has 0 radical (unpaired) electrons. The second-order valence-corrected chi connectivity index (χ2v) is 5.01. The first-order chi connectivity index (χ1) is 10.5. The Bertz CT molecular complexity index is 834. The van der Waals surface area contributed by atoms with Crippen LogP contribution in [0.3, 0.4) is 0 Å². The number of carbonyl (C=O) groups excluding carboxylic acids is 1. The van der Waals surface area contributed by atoms with Gasteiger partial charge in [0.25, 0.3) is 5.91 Å². The molecule has 0 aliphatic rings. The lowest BCUT2D eigenvalue weighted by Gasteiger charge is -2.01. The van der Waals surface area contributed by atoms with Gasteiger partial charge in [-0.25, -0.2) is 0 Å². The maximum Gasteiger partial charge on any atom is 0.322 e. The fourth-order valence-corrected chi connectivity index (χ4v) is 2.02. The van der Waals surface area contributed by atoms with Crippen molar-refractivity contribution in [3.63, 3.8) is 0 Å². The van der Waals surface area contributed by atoms with Gasteiger partial charge in [-0.15, -0.1) is 5.10 Å². The van der Waals surface area contributed by atoms with E-state index in [-0.39, 0.29) is 11.9 Å².